The highest BCUT2D eigenvalue weighted by molar-refractivity contribution is 14.0. The highest BCUT2D eigenvalue weighted by Crippen LogP contribution is 2.24. The number of hydrogen-bond acceptors (Lipinski definition) is 5. The fraction of sp³-hybridized carbons (Fsp3) is 0.450. The number of nitrogens with zero attached hydrogens (tertiary/aromatic N) is 2. The van der Waals surface area contributed by atoms with Crippen LogP contribution in [-0.2, 0) is 22.3 Å². The Bertz CT molecular complexity index is 911. The highest BCUT2D eigenvalue weighted by atomic mass is 127. The normalized spacial score (nSPS) is 15.5. The summed E-state index contributed by atoms with van der Waals surface area (Å²) in [5.41, 5.74) is 1.78. The first-order valence-electron chi connectivity index (χ1n) is 9.74. The number of piperidine rings is 1. The second-order valence-corrected chi connectivity index (χ2v) is 9.92. The van der Waals surface area contributed by atoms with Crippen LogP contribution in [0.4, 0.5) is 5.00 Å². The number of aliphatic imine (C=N–C) groups is 1. The highest BCUT2D eigenvalue weighted by Gasteiger charge is 2.20. The van der Waals surface area contributed by atoms with Crippen molar-refractivity contribution >= 4 is 56.3 Å². The predicted molar refractivity (Wildman–Crippen MR) is 136 cm³/mol. The second-order valence-electron chi connectivity index (χ2n) is 7.07. The number of halogens is 1. The Morgan fingerprint density at radius 1 is 1.20 bits per heavy atom. The van der Waals surface area contributed by atoms with Gasteiger partial charge in [-0.3, -0.25) is 4.99 Å². The standard InChI is InChI=1S/C20H29N5O2S2.HI/c1-21-20(24-18-8-10-25(11-9-18)19-7-4-12-28-19)23-14-16-5-3-6-17(13-16)15-29(26,27)22-2;/h3-7,12-13,18,22H,8-11,14-15H2,1-2H3,(H2,21,23,24);1H. The van der Waals surface area contributed by atoms with Gasteiger partial charge in [-0.05, 0) is 48.5 Å². The monoisotopic (exact) mass is 563 g/mol. The average molecular weight is 564 g/mol. The molecule has 3 rings (SSSR count). The van der Waals surface area contributed by atoms with Crippen LogP contribution in [0.25, 0.3) is 0 Å². The van der Waals surface area contributed by atoms with Gasteiger partial charge < -0.3 is 15.5 Å². The molecule has 7 nitrogen and oxygen atoms in total. The molecule has 0 spiro atoms. The minimum atomic E-state index is -3.28. The summed E-state index contributed by atoms with van der Waals surface area (Å²) in [5.74, 6) is 0.750. The number of nitrogens with one attached hydrogen (secondary N) is 3. The number of guanidine groups is 1. The van der Waals surface area contributed by atoms with Gasteiger partial charge in [0.1, 0.15) is 0 Å². The Labute approximate surface area is 200 Å². The van der Waals surface area contributed by atoms with E-state index in [-0.39, 0.29) is 29.7 Å². The molecule has 0 saturated carbocycles. The van der Waals surface area contributed by atoms with Crippen molar-refractivity contribution in [1.29, 1.82) is 0 Å². The molecule has 0 unspecified atom stereocenters. The summed E-state index contributed by atoms with van der Waals surface area (Å²) in [6, 6.07) is 12.3. The van der Waals surface area contributed by atoms with E-state index in [1.54, 1.807) is 18.4 Å². The van der Waals surface area contributed by atoms with Gasteiger partial charge in [0.25, 0.3) is 0 Å². The molecule has 1 fully saturated rings. The van der Waals surface area contributed by atoms with E-state index < -0.39 is 10.0 Å². The molecule has 0 bridgehead atoms. The van der Waals surface area contributed by atoms with Crippen molar-refractivity contribution in [3.05, 3.63) is 52.9 Å². The van der Waals surface area contributed by atoms with Crippen molar-refractivity contribution < 1.29 is 8.42 Å². The van der Waals surface area contributed by atoms with E-state index >= 15 is 0 Å². The van der Waals surface area contributed by atoms with Crippen LogP contribution >= 0.6 is 35.3 Å². The molecule has 166 valence electrons. The lowest BCUT2D eigenvalue weighted by atomic mass is 10.1. The lowest BCUT2D eigenvalue weighted by Crippen LogP contribution is -2.48. The molecular weight excluding hydrogens is 533 g/mol. The molecule has 30 heavy (non-hydrogen) atoms. The van der Waals surface area contributed by atoms with Gasteiger partial charge in [-0.1, -0.05) is 24.3 Å². The van der Waals surface area contributed by atoms with E-state index in [4.69, 9.17) is 0 Å². The molecule has 1 aromatic carbocycles. The Balaban J connectivity index is 0.00000320. The van der Waals surface area contributed by atoms with Gasteiger partial charge >= 0.3 is 0 Å². The smallest absolute Gasteiger partial charge is 0.215 e. The van der Waals surface area contributed by atoms with E-state index in [0.29, 0.717) is 12.6 Å². The molecule has 0 amide bonds. The quantitative estimate of drug-likeness (QED) is 0.274. The number of sulfonamides is 1. The third-order valence-electron chi connectivity index (χ3n) is 5.00. The topological polar surface area (TPSA) is 85.8 Å². The van der Waals surface area contributed by atoms with E-state index in [1.165, 1.54) is 12.0 Å². The van der Waals surface area contributed by atoms with Crippen molar-refractivity contribution in [1.82, 2.24) is 15.4 Å². The first-order chi connectivity index (χ1) is 14.0. The van der Waals surface area contributed by atoms with Crippen LogP contribution in [0.3, 0.4) is 0 Å². The zero-order chi connectivity index (χ0) is 20.7. The third kappa shape index (κ3) is 7.40. The fourth-order valence-electron chi connectivity index (χ4n) is 3.39. The summed E-state index contributed by atoms with van der Waals surface area (Å²) in [6.07, 6.45) is 2.13. The van der Waals surface area contributed by atoms with Gasteiger partial charge in [0.15, 0.2) is 5.96 Å². The maximum atomic E-state index is 11.8. The Hall–Kier alpha value is -1.37. The fourth-order valence-corrected chi connectivity index (χ4v) is 4.94. The predicted octanol–water partition coefficient (Wildman–Crippen LogP) is 2.75. The molecule has 1 aliphatic rings. The largest absolute Gasteiger partial charge is 0.363 e. The van der Waals surface area contributed by atoms with Crippen LogP contribution in [0.5, 0.6) is 0 Å². The van der Waals surface area contributed by atoms with Crippen molar-refractivity contribution in [2.75, 3.05) is 32.1 Å². The van der Waals surface area contributed by atoms with Gasteiger partial charge in [-0.25, -0.2) is 13.1 Å². The molecule has 2 heterocycles. The van der Waals surface area contributed by atoms with Gasteiger partial charge in [0, 0.05) is 32.7 Å². The zero-order valence-corrected chi connectivity index (χ0v) is 21.3. The first-order valence-corrected chi connectivity index (χ1v) is 12.3. The molecular formula is C20H30IN5O2S2. The van der Waals surface area contributed by atoms with Crippen molar-refractivity contribution in [3.8, 4) is 0 Å². The summed E-state index contributed by atoms with van der Waals surface area (Å²) in [7, 11) is -0.0733. The van der Waals surface area contributed by atoms with Gasteiger partial charge in [-0.15, -0.1) is 35.3 Å². The third-order valence-corrected chi connectivity index (χ3v) is 7.26. The molecule has 2 aromatic rings. The van der Waals surface area contributed by atoms with Crippen LogP contribution in [0, 0.1) is 0 Å². The van der Waals surface area contributed by atoms with E-state index in [0.717, 1.165) is 43.0 Å². The molecule has 0 radical (unpaired) electrons. The van der Waals surface area contributed by atoms with E-state index in [1.807, 2.05) is 24.3 Å². The average Bonchev–Trinajstić information content (AvgIpc) is 3.26. The Kier molecular flexibility index (Phi) is 9.85. The van der Waals surface area contributed by atoms with Gasteiger partial charge in [0.05, 0.1) is 10.8 Å². The minimum absolute atomic E-state index is 0. The first kappa shape index (κ1) is 24.9. The molecule has 0 aliphatic carbocycles. The maximum absolute atomic E-state index is 11.8. The number of rotatable bonds is 7. The Morgan fingerprint density at radius 3 is 2.57 bits per heavy atom. The minimum Gasteiger partial charge on any atom is -0.363 e. The number of hydrogen-bond donors (Lipinski definition) is 3. The number of benzene rings is 1. The SMILES string of the molecule is CN=C(NCc1cccc(CS(=O)(=O)NC)c1)NC1CCN(c2cccs2)CC1.I. The van der Waals surface area contributed by atoms with Gasteiger partial charge in [-0.2, -0.15) is 0 Å². The molecule has 1 aromatic heterocycles. The zero-order valence-electron chi connectivity index (χ0n) is 17.3. The van der Waals surface area contributed by atoms with Gasteiger partial charge in [0.2, 0.25) is 10.0 Å². The van der Waals surface area contributed by atoms with Crippen LogP contribution in [-0.4, -0.2) is 47.6 Å². The summed E-state index contributed by atoms with van der Waals surface area (Å²) < 4.78 is 25.9. The summed E-state index contributed by atoms with van der Waals surface area (Å²) >= 11 is 1.79. The molecule has 0 atom stereocenters. The van der Waals surface area contributed by atoms with E-state index in [9.17, 15) is 8.42 Å². The van der Waals surface area contributed by atoms with Crippen molar-refractivity contribution in [2.24, 2.45) is 4.99 Å². The van der Waals surface area contributed by atoms with Crippen LogP contribution in [0.2, 0.25) is 0 Å². The van der Waals surface area contributed by atoms with Crippen molar-refractivity contribution in [3.63, 3.8) is 0 Å². The maximum Gasteiger partial charge on any atom is 0.215 e. The number of anilines is 1. The summed E-state index contributed by atoms with van der Waals surface area (Å²) in [6.45, 7) is 2.66. The second kappa shape index (κ2) is 11.9. The molecule has 1 saturated heterocycles. The van der Waals surface area contributed by atoms with Crippen LogP contribution in [0.1, 0.15) is 24.0 Å². The molecule has 3 N–H and O–H groups in total. The summed E-state index contributed by atoms with van der Waals surface area (Å²) in [5, 5.41) is 10.3. The summed E-state index contributed by atoms with van der Waals surface area (Å²) in [4.78, 5) is 6.77. The lowest BCUT2D eigenvalue weighted by molar-refractivity contribution is 0.463. The van der Waals surface area contributed by atoms with E-state index in [2.05, 4.69) is 42.8 Å². The number of thiophene rings is 1. The van der Waals surface area contributed by atoms with Crippen LogP contribution in [0.15, 0.2) is 46.8 Å². The molecule has 10 heteroatoms. The van der Waals surface area contributed by atoms with Crippen molar-refractivity contribution in [2.45, 2.75) is 31.2 Å². The lowest BCUT2D eigenvalue weighted by Gasteiger charge is -2.33. The Morgan fingerprint density at radius 2 is 1.93 bits per heavy atom. The molecule has 1 aliphatic heterocycles. The van der Waals surface area contributed by atoms with Crippen LogP contribution < -0.4 is 20.3 Å².